The molecule has 1 saturated heterocycles. The molecular formula is C12H15ClN2O4S. The van der Waals surface area contributed by atoms with Gasteiger partial charge in [0.15, 0.2) is 0 Å². The first-order valence-electron chi connectivity index (χ1n) is 5.98. The van der Waals surface area contributed by atoms with Gasteiger partial charge in [0.1, 0.15) is 0 Å². The zero-order valence-corrected chi connectivity index (χ0v) is 12.4. The fourth-order valence-electron chi connectivity index (χ4n) is 2.03. The number of ether oxygens (including phenoxy) is 1. The Morgan fingerprint density at radius 3 is 2.75 bits per heavy atom. The van der Waals surface area contributed by atoms with E-state index in [1.165, 1.54) is 23.1 Å². The van der Waals surface area contributed by atoms with Gasteiger partial charge in [-0.1, -0.05) is 11.6 Å². The summed E-state index contributed by atoms with van der Waals surface area (Å²) in [4.78, 5) is 13.8. The van der Waals surface area contributed by atoms with E-state index < -0.39 is 10.0 Å². The van der Waals surface area contributed by atoms with Gasteiger partial charge in [0, 0.05) is 13.7 Å². The van der Waals surface area contributed by atoms with E-state index in [9.17, 15) is 13.2 Å². The normalized spacial score (nSPS) is 19.1. The summed E-state index contributed by atoms with van der Waals surface area (Å²) in [6, 6.07) is 3.80. The van der Waals surface area contributed by atoms with Crippen LogP contribution in [-0.4, -0.2) is 45.5 Å². The van der Waals surface area contributed by atoms with Crippen molar-refractivity contribution < 1.29 is 17.9 Å². The molecule has 1 unspecified atom stereocenters. The number of hydrogen-bond donors (Lipinski definition) is 1. The van der Waals surface area contributed by atoms with E-state index in [1.807, 2.05) is 0 Å². The van der Waals surface area contributed by atoms with Crippen LogP contribution in [0.15, 0.2) is 23.1 Å². The van der Waals surface area contributed by atoms with E-state index in [1.54, 1.807) is 7.05 Å². The van der Waals surface area contributed by atoms with Gasteiger partial charge >= 0.3 is 0 Å². The molecule has 8 heteroatoms. The molecule has 1 aromatic carbocycles. The standard InChI is InChI=1S/C12H15ClN2O4S/c1-15(8-4-5-19-7-8)12(16)10-6-9(20(14,17)18)2-3-11(10)13/h2-3,6,8H,4-5,7H2,1H3,(H2,14,17,18). The summed E-state index contributed by atoms with van der Waals surface area (Å²) in [6.07, 6.45) is 0.745. The number of likely N-dealkylation sites (N-methyl/N-ethyl adjacent to an activating group) is 1. The van der Waals surface area contributed by atoms with Crippen LogP contribution in [-0.2, 0) is 14.8 Å². The Hall–Kier alpha value is -1.15. The van der Waals surface area contributed by atoms with Crippen molar-refractivity contribution in [2.75, 3.05) is 20.3 Å². The molecule has 1 atom stereocenters. The fraction of sp³-hybridized carbons (Fsp3) is 0.417. The number of hydrogen-bond acceptors (Lipinski definition) is 4. The minimum atomic E-state index is -3.87. The molecule has 110 valence electrons. The van der Waals surface area contributed by atoms with E-state index in [2.05, 4.69) is 0 Å². The molecule has 0 bridgehead atoms. The maximum absolute atomic E-state index is 12.4. The topological polar surface area (TPSA) is 89.7 Å². The summed E-state index contributed by atoms with van der Waals surface area (Å²) >= 11 is 5.98. The number of carbonyl (C=O) groups is 1. The number of sulfonamides is 1. The largest absolute Gasteiger partial charge is 0.379 e. The number of nitrogens with zero attached hydrogens (tertiary/aromatic N) is 1. The quantitative estimate of drug-likeness (QED) is 0.894. The molecule has 1 heterocycles. The Labute approximate surface area is 122 Å². The number of amides is 1. The molecule has 6 nitrogen and oxygen atoms in total. The maximum Gasteiger partial charge on any atom is 0.255 e. The van der Waals surface area contributed by atoms with Gasteiger partial charge in [-0.15, -0.1) is 0 Å². The number of carbonyl (C=O) groups excluding carboxylic acids is 1. The smallest absolute Gasteiger partial charge is 0.255 e. The lowest BCUT2D eigenvalue weighted by molar-refractivity contribution is 0.0711. The van der Waals surface area contributed by atoms with Crippen LogP contribution in [0.4, 0.5) is 0 Å². The molecule has 2 N–H and O–H groups in total. The van der Waals surface area contributed by atoms with Crippen molar-refractivity contribution in [2.45, 2.75) is 17.4 Å². The molecule has 2 rings (SSSR count). The van der Waals surface area contributed by atoms with Gasteiger partial charge in [-0.05, 0) is 24.6 Å². The van der Waals surface area contributed by atoms with Crippen molar-refractivity contribution in [1.29, 1.82) is 0 Å². The van der Waals surface area contributed by atoms with Crippen LogP contribution in [0.5, 0.6) is 0 Å². The molecular weight excluding hydrogens is 304 g/mol. The molecule has 1 aliphatic heterocycles. The number of rotatable bonds is 3. The molecule has 1 aliphatic rings. The monoisotopic (exact) mass is 318 g/mol. The van der Waals surface area contributed by atoms with Crippen LogP contribution in [0.2, 0.25) is 5.02 Å². The van der Waals surface area contributed by atoms with Gasteiger partial charge < -0.3 is 9.64 Å². The van der Waals surface area contributed by atoms with Gasteiger partial charge in [0.25, 0.3) is 5.91 Å². The Balaban J connectivity index is 2.33. The fourth-order valence-corrected chi connectivity index (χ4v) is 2.77. The third-order valence-electron chi connectivity index (χ3n) is 3.27. The van der Waals surface area contributed by atoms with Crippen molar-refractivity contribution in [3.05, 3.63) is 28.8 Å². The zero-order chi connectivity index (χ0) is 14.9. The van der Waals surface area contributed by atoms with Crippen molar-refractivity contribution in [2.24, 2.45) is 5.14 Å². The highest BCUT2D eigenvalue weighted by Gasteiger charge is 2.26. The molecule has 20 heavy (non-hydrogen) atoms. The van der Waals surface area contributed by atoms with Gasteiger partial charge in [0.05, 0.1) is 28.1 Å². The van der Waals surface area contributed by atoms with Gasteiger partial charge in [0.2, 0.25) is 10.0 Å². The van der Waals surface area contributed by atoms with Crippen LogP contribution < -0.4 is 5.14 Å². The first kappa shape index (κ1) is 15.2. The average Bonchev–Trinajstić information content (AvgIpc) is 2.90. The van der Waals surface area contributed by atoms with Gasteiger partial charge in [-0.3, -0.25) is 4.79 Å². The first-order valence-corrected chi connectivity index (χ1v) is 7.90. The summed E-state index contributed by atoms with van der Waals surface area (Å²) in [6.45, 7) is 1.07. The van der Waals surface area contributed by atoms with Crippen LogP contribution in [0, 0.1) is 0 Å². The predicted molar refractivity (Wildman–Crippen MR) is 74.1 cm³/mol. The highest BCUT2D eigenvalue weighted by Crippen LogP contribution is 2.23. The zero-order valence-electron chi connectivity index (χ0n) is 10.9. The highest BCUT2D eigenvalue weighted by molar-refractivity contribution is 7.89. The second kappa shape index (κ2) is 5.69. The van der Waals surface area contributed by atoms with Gasteiger partial charge in [-0.2, -0.15) is 0 Å². The summed E-state index contributed by atoms with van der Waals surface area (Å²) < 4.78 is 27.9. The molecule has 1 aromatic rings. The van der Waals surface area contributed by atoms with E-state index in [0.717, 1.165) is 6.42 Å². The number of primary sulfonamides is 1. The van der Waals surface area contributed by atoms with Crippen LogP contribution in [0.3, 0.4) is 0 Å². The SMILES string of the molecule is CN(C(=O)c1cc(S(N)(=O)=O)ccc1Cl)C1CCOC1. The third kappa shape index (κ3) is 3.12. The van der Waals surface area contributed by atoms with Crippen molar-refractivity contribution >= 4 is 27.5 Å². The van der Waals surface area contributed by atoms with Crippen LogP contribution in [0.25, 0.3) is 0 Å². The average molecular weight is 319 g/mol. The second-order valence-corrected chi connectivity index (χ2v) is 6.59. The molecule has 0 saturated carbocycles. The Bertz CT molecular complexity index is 626. The van der Waals surface area contributed by atoms with E-state index in [-0.39, 0.29) is 27.4 Å². The van der Waals surface area contributed by atoms with Crippen LogP contribution >= 0.6 is 11.6 Å². The summed E-state index contributed by atoms with van der Waals surface area (Å²) in [5.74, 6) is -0.351. The lowest BCUT2D eigenvalue weighted by Gasteiger charge is -2.23. The summed E-state index contributed by atoms with van der Waals surface area (Å²) in [7, 11) is -2.23. The van der Waals surface area contributed by atoms with Gasteiger partial charge in [-0.25, -0.2) is 13.6 Å². The number of benzene rings is 1. The van der Waals surface area contributed by atoms with Crippen LogP contribution in [0.1, 0.15) is 16.8 Å². The third-order valence-corrected chi connectivity index (χ3v) is 4.51. The number of nitrogens with two attached hydrogens (primary N) is 1. The van der Waals surface area contributed by atoms with Crippen molar-refractivity contribution in [3.63, 3.8) is 0 Å². The molecule has 1 fully saturated rings. The second-order valence-electron chi connectivity index (χ2n) is 4.62. The molecule has 0 aromatic heterocycles. The Morgan fingerprint density at radius 2 is 2.20 bits per heavy atom. The lowest BCUT2D eigenvalue weighted by atomic mass is 10.1. The lowest BCUT2D eigenvalue weighted by Crippen LogP contribution is -2.37. The summed E-state index contributed by atoms with van der Waals surface area (Å²) in [5, 5.41) is 5.25. The number of halogens is 1. The van der Waals surface area contributed by atoms with E-state index >= 15 is 0 Å². The van der Waals surface area contributed by atoms with E-state index in [0.29, 0.717) is 13.2 Å². The predicted octanol–water partition coefficient (Wildman–Crippen LogP) is 0.848. The Morgan fingerprint density at radius 1 is 1.50 bits per heavy atom. The van der Waals surface area contributed by atoms with Crippen molar-refractivity contribution in [1.82, 2.24) is 4.90 Å². The Kier molecular flexibility index (Phi) is 4.33. The molecule has 0 aliphatic carbocycles. The maximum atomic E-state index is 12.4. The highest BCUT2D eigenvalue weighted by atomic mass is 35.5. The minimum Gasteiger partial charge on any atom is -0.379 e. The summed E-state index contributed by atoms with van der Waals surface area (Å²) in [5.41, 5.74) is 0.118. The van der Waals surface area contributed by atoms with E-state index in [4.69, 9.17) is 21.5 Å². The molecule has 0 spiro atoms. The van der Waals surface area contributed by atoms with Crippen molar-refractivity contribution in [3.8, 4) is 0 Å². The molecule has 0 radical (unpaired) electrons. The first-order chi connectivity index (χ1) is 9.30. The minimum absolute atomic E-state index is 0.0308. The molecule has 1 amide bonds.